The van der Waals surface area contributed by atoms with Crippen LogP contribution in [0.3, 0.4) is 0 Å². The summed E-state index contributed by atoms with van der Waals surface area (Å²) in [5.74, 6) is -0.0866. The fourth-order valence-corrected chi connectivity index (χ4v) is 5.95. The number of amides is 1. The summed E-state index contributed by atoms with van der Waals surface area (Å²) in [6, 6.07) is 12.0. The van der Waals surface area contributed by atoms with Gasteiger partial charge in [0.1, 0.15) is 12.4 Å². The van der Waals surface area contributed by atoms with Crippen LogP contribution in [0.15, 0.2) is 41.8 Å². The van der Waals surface area contributed by atoms with Crippen LogP contribution >= 0.6 is 11.3 Å². The number of likely N-dealkylation sites (tertiary alicyclic amines) is 1. The number of carboxylic acids is 1. The van der Waals surface area contributed by atoms with Gasteiger partial charge in [0.25, 0.3) is 5.91 Å². The van der Waals surface area contributed by atoms with Crippen molar-refractivity contribution in [3.05, 3.63) is 64.0 Å². The molecular formula is C29H33N3O4S. The number of aliphatic carboxylic acids is 1. The number of aryl methyl sites for hydroxylation is 2. The van der Waals surface area contributed by atoms with Gasteiger partial charge in [0.05, 0.1) is 11.6 Å². The first-order valence-corrected chi connectivity index (χ1v) is 13.8. The predicted octanol–water partition coefficient (Wildman–Crippen LogP) is 5.54. The van der Waals surface area contributed by atoms with Crippen molar-refractivity contribution in [3.63, 3.8) is 0 Å². The Bertz CT molecular complexity index is 1290. The van der Waals surface area contributed by atoms with Crippen LogP contribution in [0.1, 0.15) is 52.7 Å². The minimum Gasteiger partial charge on any atom is -0.488 e. The van der Waals surface area contributed by atoms with E-state index in [1.54, 1.807) is 11.3 Å². The molecule has 0 radical (unpaired) electrons. The Labute approximate surface area is 221 Å². The first-order valence-electron chi connectivity index (χ1n) is 12.9. The van der Waals surface area contributed by atoms with E-state index >= 15 is 0 Å². The molecule has 1 N–H and O–H groups in total. The van der Waals surface area contributed by atoms with Crippen molar-refractivity contribution < 1.29 is 19.4 Å². The molecule has 8 heteroatoms. The van der Waals surface area contributed by atoms with Crippen LogP contribution in [0.2, 0.25) is 0 Å². The number of anilines is 1. The summed E-state index contributed by atoms with van der Waals surface area (Å²) in [7, 11) is 0. The molecule has 3 heterocycles. The lowest BCUT2D eigenvalue weighted by Crippen LogP contribution is -2.36. The van der Waals surface area contributed by atoms with Crippen LogP contribution in [0.25, 0.3) is 11.3 Å². The second kappa shape index (κ2) is 10.9. The molecule has 0 unspecified atom stereocenters. The normalized spacial score (nSPS) is 16.3. The number of benzene rings is 2. The Morgan fingerprint density at radius 3 is 2.51 bits per heavy atom. The molecule has 2 fully saturated rings. The highest BCUT2D eigenvalue weighted by Crippen LogP contribution is 2.36. The van der Waals surface area contributed by atoms with Gasteiger partial charge < -0.3 is 19.6 Å². The maximum Gasteiger partial charge on any atom is 0.306 e. The van der Waals surface area contributed by atoms with Crippen LogP contribution in [-0.4, -0.2) is 53.0 Å². The molecule has 1 amide bonds. The molecule has 2 aliphatic rings. The number of piperidine rings is 1. The smallest absolute Gasteiger partial charge is 0.306 e. The topological polar surface area (TPSA) is 83.0 Å². The molecule has 7 nitrogen and oxygen atoms in total. The first kappa shape index (κ1) is 25.3. The summed E-state index contributed by atoms with van der Waals surface area (Å²) in [5, 5.41) is 12.2. The van der Waals surface area contributed by atoms with Gasteiger partial charge in [-0.05, 0) is 74.9 Å². The summed E-state index contributed by atoms with van der Waals surface area (Å²) >= 11 is 1.58. The second-order valence-electron chi connectivity index (χ2n) is 10.0. The molecule has 194 valence electrons. The molecule has 0 aliphatic carbocycles. The van der Waals surface area contributed by atoms with E-state index < -0.39 is 5.97 Å². The lowest BCUT2D eigenvalue weighted by Gasteiger charge is -2.29. The number of rotatable bonds is 7. The van der Waals surface area contributed by atoms with E-state index in [1.807, 2.05) is 47.5 Å². The number of ether oxygens (including phenoxy) is 1. The number of thiazole rings is 1. The summed E-state index contributed by atoms with van der Waals surface area (Å²) in [5.41, 5.74) is 5.76. The highest BCUT2D eigenvalue weighted by atomic mass is 32.1. The van der Waals surface area contributed by atoms with E-state index in [2.05, 4.69) is 17.9 Å². The van der Waals surface area contributed by atoms with Crippen molar-refractivity contribution in [3.8, 4) is 17.0 Å². The molecule has 0 spiro atoms. The summed E-state index contributed by atoms with van der Waals surface area (Å²) in [4.78, 5) is 33.0. The Morgan fingerprint density at radius 2 is 1.81 bits per heavy atom. The van der Waals surface area contributed by atoms with Crippen LogP contribution < -0.4 is 9.64 Å². The van der Waals surface area contributed by atoms with Crippen molar-refractivity contribution in [2.75, 3.05) is 31.1 Å². The molecule has 1 aromatic heterocycles. The largest absolute Gasteiger partial charge is 0.488 e. The fourth-order valence-electron chi connectivity index (χ4n) is 5.07. The number of hydrogen-bond donors (Lipinski definition) is 1. The summed E-state index contributed by atoms with van der Waals surface area (Å²) < 4.78 is 6.30. The Morgan fingerprint density at radius 1 is 1.05 bits per heavy atom. The highest BCUT2D eigenvalue weighted by Gasteiger charge is 2.26. The van der Waals surface area contributed by atoms with E-state index in [9.17, 15) is 14.7 Å². The van der Waals surface area contributed by atoms with Crippen LogP contribution in [0.5, 0.6) is 5.75 Å². The van der Waals surface area contributed by atoms with Gasteiger partial charge in [-0.25, -0.2) is 4.98 Å². The van der Waals surface area contributed by atoms with Gasteiger partial charge in [-0.15, -0.1) is 11.3 Å². The maximum atomic E-state index is 12.7. The molecule has 3 aromatic rings. The second-order valence-corrected chi connectivity index (χ2v) is 10.9. The zero-order valence-electron chi connectivity index (χ0n) is 21.4. The first-order chi connectivity index (χ1) is 17.9. The average Bonchev–Trinajstić information content (AvgIpc) is 3.61. The minimum atomic E-state index is -0.705. The maximum absolute atomic E-state index is 12.7. The van der Waals surface area contributed by atoms with Gasteiger partial charge in [0, 0.05) is 42.7 Å². The van der Waals surface area contributed by atoms with E-state index in [1.165, 1.54) is 0 Å². The SMILES string of the molecule is Cc1ccc(OCc2ccc(C(=O)N3CCCC3)cc2C)c(-c2csc(N3CCC(C(=O)O)CC3)n2)c1. The standard InChI is InChI=1S/C29H33N3O4S/c1-19-5-8-26(36-17-23-7-6-22(16-20(23)2)27(33)31-11-3-4-12-31)24(15-19)25-18-37-29(30-25)32-13-9-21(10-14-32)28(34)35/h5-8,15-16,18,21H,3-4,9-14,17H2,1-2H3,(H,34,35). The Kier molecular flexibility index (Phi) is 7.46. The van der Waals surface area contributed by atoms with Crippen molar-refractivity contribution in [1.29, 1.82) is 0 Å². The number of carboxylic acid groups (broad SMARTS) is 1. The van der Waals surface area contributed by atoms with Crippen LogP contribution in [-0.2, 0) is 11.4 Å². The molecular weight excluding hydrogens is 486 g/mol. The number of nitrogens with zero attached hydrogens (tertiary/aromatic N) is 3. The molecule has 0 bridgehead atoms. The molecule has 5 rings (SSSR count). The zero-order chi connectivity index (χ0) is 25.9. The zero-order valence-corrected chi connectivity index (χ0v) is 22.2. The third kappa shape index (κ3) is 5.64. The quantitative estimate of drug-likeness (QED) is 0.441. The summed E-state index contributed by atoms with van der Waals surface area (Å²) in [6.07, 6.45) is 3.45. The van der Waals surface area contributed by atoms with Crippen LogP contribution in [0, 0.1) is 19.8 Å². The van der Waals surface area contributed by atoms with Gasteiger partial charge in [-0.2, -0.15) is 0 Å². The van der Waals surface area contributed by atoms with Gasteiger partial charge in [0.2, 0.25) is 0 Å². The van der Waals surface area contributed by atoms with Crippen molar-refractivity contribution in [2.45, 2.75) is 46.1 Å². The van der Waals surface area contributed by atoms with Gasteiger partial charge in [0.15, 0.2) is 5.13 Å². The molecule has 2 aromatic carbocycles. The predicted molar refractivity (Wildman–Crippen MR) is 146 cm³/mol. The number of hydrogen-bond acceptors (Lipinski definition) is 6. The van der Waals surface area contributed by atoms with E-state index in [4.69, 9.17) is 9.72 Å². The van der Waals surface area contributed by atoms with Crippen molar-refractivity contribution in [1.82, 2.24) is 9.88 Å². The third-order valence-corrected chi connectivity index (χ3v) is 8.29. The molecule has 0 atom stereocenters. The summed E-state index contributed by atoms with van der Waals surface area (Å²) in [6.45, 7) is 7.58. The average molecular weight is 520 g/mol. The monoisotopic (exact) mass is 519 g/mol. The van der Waals surface area contributed by atoms with Crippen molar-refractivity contribution in [2.24, 2.45) is 5.92 Å². The minimum absolute atomic E-state index is 0.111. The Hall–Kier alpha value is -3.39. The lowest BCUT2D eigenvalue weighted by molar-refractivity contribution is -0.142. The number of carbonyl (C=O) groups excluding carboxylic acids is 1. The fraction of sp³-hybridized carbons (Fsp3) is 0.414. The van der Waals surface area contributed by atoms with Gasteiger partial charge in [-0.3, -0.25) is 9.59 Å². The van der Waals surface area contributed by atoms with Crippen LogP contribution in [0.4, 0.5) is 5.13 Å². The number of aromatic nitrogens is 1. The molecule has 0 saturated carbocycles. The number of carbonyl (C=O) groups is 2. The third-order valence-electron chi connectivity index (χ3n) is 7.38. The highest BCUT2D eigenvalue weighted by molar-refractivity contribution is 7.14. The van der Waals surface area contributed by atoms with Gasteiger partial charge in [-0.1, -0.05) is 17.7 Å². The lowest BCUT2D eigenvalue weighted by atomic mass is 9.97. The van der Waals surface area contributed by atoms with E-state index in [0.717, 1.165) is 70.3 Å². The van der Waals surface area contributed by atoms with E-state index in [-0.39, 0.29) is 11.8 Å². The van der Waals surface area contributed by atoms with E-state index in [0.29, 0.717) is 32.5 Å². The Balaban J connectivity index is 1.29. The molecule has 2 aliphatic heterocycles. The van der Waals surface area contributed by atoms with Crippen molar-refractivity contribution >= 4 is 28.3 Å². The van der Waals surface area contributed by atoms with Gasteiger partial charge >= 0.3 is 5.97 Å². The molecule has 2 saturated heterocycles. The molecule has 37 heavy (non-hydrogen) atoms.